The normalized spacial score (nSPS) is 11.9. The van der Waals surface area contributed by atoms with E-state index in [1.54, 1.807) is 11.3 Å². The van der Waals surface area contributed by atoms with Crippen molar-refractivity contribution in [3.8, 4) is 56.4 Å². The van der Waals surface area contributed by atoms with E-state index in [1.807, 2.05) is 42.5 Å². The van der Waals surface area contributed by atoms with Crippen LogP contribution in [0.3, 0.4) is 0 Å². The summed E-state index contributed by atoms with van der Waals surface area (Å²) in [5.74, 6) is 1.81. The Hall–Kier alpha value is -7.41. The summed E-state index contributed by atoms with van der Waals surface area (Å²) in [4.78, 5) is 15.6. The summed E-state index contributed by atoms with van der Waals surface area (Å²) in [6, 6.07) is 60.8. The van der Waals surface area contributed by atoms with Crippen LogP contribution < -0.4 is 0 Å². The lowest BCUT2D eigenvalue weighted by Gasteiger charge is -2.10. The molecule has 0 saturated heterocycles. The minimum atomic E-state index is 0.584. The summed E-state index contributed by atoms with van der Waals surface area (Å²) in [5, 5.41) is 6.59. The molecule has 8 aromatic carbocycles. The molecule has 4 heterocycles. The fourth-order valence-electron chi connectivity index (χ4n) is 8.31. The van der Waals surface area contributed by atoms with Gasteiger partial charge in [-0.05, 0) is 47.0 Å². The largest absolute Gasteiger partial charge is 0.456 e. The number of aromatic nitrogens is 3. The van der Waals surface area contributed by atoms with Crippen LogP contribution in [0.5, 0.6) is 0 Å². The van der Waals surface area contributed by atoms with Crippen LogP contribution in [0.1, 0.15) is 0 Å². The minimum Gasteiger partial charge on any atom is -0.456 e. The fraction of sp³-hybridized carbons (Fsp3) is 0. The Morgan fingerprint density at radius 1 is 0.333 bits per heavy atom. The third kappa shape index (κ3) is 5.12. The number of fused-ring (bicyclic) bond motifs is 9. The van der Waals surface area contributed by atoms with E-state index in [9.17, 15) is 0 Å². The van der Waals surface area contributed by atoms with Crippen LogP contribution >= 0.6 is 11.3 Å². The van der Waals surface area contributed by atoms with Crippen LogP contribution in [0.4, 0.5) is 0 Å². The molecule has 57 heavy (non-hydrogen) atoms. The highest BCUT2D eigenvalue weighted by Gasteiger charge is 2.21. The van der Waals surface area contributed by atoms with Gasteiger partial charge in [0.2, 0.25) is 0 Å². The van der Waals surface area contributed by atoms with Crippen LogP contribution in [0.15, 0.2) is 185 Å². The first-order chi connectivity index (χ1) is 28.2. The average Bonchev–Trinajstić information content (AvgIpc) is 3.98. The first-order valence-electron chi connectivity index (χ1n) is 18.9. The third-order valence-corrected chi connectivity index (χ3v) is 12.1. The molecular weight excluding hydrogens is 719 g/mol. The van der Waals surface area contributed by atoms with E-state index < -0.39 is 0 Å². The van der Waals surface area contributed by atoms with Gasteiger partial charge >= 0.3 is 0 Å². The summed E-state index contributed by atoms with van der Waals surface area (Å²) < 4.78 is 15.5. The molecule has 0 N–H and O–H groups in total. The predicted octanol–water partition coefficient (Wildman–Crippen LogP) is 14.4. The van der Waals surface area contributed by atoms with Crippen molar-refractivity contribution in [2.45, 2.75) is 0 Å². The second-order valence-corrected chi connectivity index (χ2v) is 15.4. The highest BCUT2D eigenvalue weighted by Crippen LogP contribution is 2.44. The van der Waals surface area contributed by atoms with Crippen molar-refractivity contribution in [2.75, 3.05) is 0 Å². The van der Waals surface area contributed by atoms with Gasteiger partial charge < -0.3 is 8.83 Å². The second kappa shape index (κ2) is 12.6. The van der Waals surface area contributed by atoms with Crippen molar-refractivity contribution in [1.82, 2.24) is 15.0 Å². The number of benzene rings is 8. The van der Waals surface area contributed by atoms with Gasteiger partial charge in [0.1, 0.15) is 22.3 Å². The standard InChI is InChI=1S/C51H29N3O2S/c1-2-11-30(12-3-1)31-23-25-32(26-24-31)49-52-50(33-27-28-35-34-13-5-7-22-44(34)57-45(35)29-33)54-51(53-49)40-18-10-21-43-47(40)39-17-8-16-37(48(39)56-43)36-15-9-20-42-46(36)38-14-4-6-19-41(38)55-42/h1-29H. The molecule has 0 saturated carbocycles. The molecule has 0 atom stereocenters. The van der Waals surface area contributed by atoms with E-state index >= 15 is 0 Å². The quantitative estimate of drug-likeness (QED) is 0.175. The smallest absolute Gasteiger partial charge is 0.164 e. The number of rotatable bonds is 5. The Kier molecular flexibility index (Phi) is 7.03. The predicted molar refractivity (Wildman–Crippen MR) is 234 cm³/mol. The van der Waals surface area contributed by atoms with E-state index in [1.165, 1.54) is 20.2 Å². The average molecular weight is 748 g/mol. The zero-order valence-corrected chi connectivity index (χ0v) is 31.1. The Bertz CT molecular complexity index is 3530. The molecule has 6 heteroatoms. The maximum absolute atomic E-state index is 6.80. The molecule has 266 valence electrons. The molecule has 0 amide bonds. The highest BCUT2D eigenvalue weighted by atomic mass is 32.1. The maximum atomic E-state index is 6.80. The Labute approximate surface area is 330 Å². The lowest BCUT2D eigenvalue weighted by atomic mass is 9.97. The molecule has 0 spiro atoms. The second-order valence-electron chi connectivity index (χ2n) is 14.3. The van der Waals surface area contributed by atoms with E-state index in [0.717, 1.165) is 82.8 Å². The van der Waals surface area contributed by atoms with E-state index in [4.69, 9.17) is 23.8 Å². The molecule has 12 aromatic rings. The maximum Gasteiger partial charge on any atom is 0.164 e. The van der Waals surface area contributed by atoms with Gasteiger partial charge in [-0.1, -0.05) is 146 Å². The summed E-state index contributed by atoms with van der Waals surface area (Å²) in [6.07, 6.45) is 0. The summed E-state index contributed by atoms with van der Waals surface area (Å²) >= 11 is 1.79. The molecule has 0 bridgehead atoms. The first-order valence-corrected chi connectivity index (χ1v) is 19.7. The van der Waals surface area contributed by atoms with Crippen LogP contribution in [-0.4, -0.2) is 15.0 Å². The molecule has 0 aliphatic heterocycles. The van der Waals surface area contributed by atoms with Gasteiger partial charge in [0.15, 0.2) is 17.5 Å². The molecule has 0 aliphatic carbocycles. The Morgan fingerprint density at radius 2 is 0.895 bits per heavy atom. The van der Waals surface area contributed by atoms with Crippen molar-refractivity contribution in [1.29, 1.82) is 0 Å². The van der Waals surface area contributed by atoms with Gasteiger partial charge in [0.05, 0.1) is 0 Å². The number of furan rings is 2. The topological polar surface area (TPSA) is 65.0 Å². The molecule has 5 nitrogen and oxygen atoms in total. The van der Waals surface area contributed by atoms with Crippen molar-refractivity contribution in [3.05, 3.63) is 176 Å². The molecule has 12 rings (SSSR count). The number of hydrogen-bond acceptors (Lipinski definition) is 6. The van der Waals surface area contributed by atoms with Crippen LogP contribution in [0, 0.1) is 0 Å². The highest BCUT2D eigenvalue weighted by molar-refractivity contribution is 7.25. The van der Waals surface area contributed by atoms with Gasteiger partial charge in [-0.25, -0.2) is 15.0 Å². The van der Waals surface area contributed by atoms with E-state index in [-0.39, 0.29) is 0 Å². The van der Waals surface area contributed by atoms with Crippen molar-refractivity contribution >= 4 is 75.4 Å². The van der Waals surface area contributed by atoms with Gasteiger partial charge in [-0.2, -0.15) is 0 Å². The Balaban J connectivity index is 1.06. The zero-order valence-electron chi connectivity index (χ0n) is 30.3. The molecule has 4 aromatic heterocycles. The van der Waals surface area contributed by atoms with E-state index in [2.05, 4.69) is 133 Å². The van der Waals surface area contributed by atoms with Gasteiger partial charge in [-0.3, -0.25) is 0 Å². The molecular formula is C51H29N3O2S. The van der Waals surface area contributed by atoms with Gasteiger partial charge in [0.25, 0.3) is 0 Å². The Morgan fingerprint density at radius 3 is 1.75 bits per heavy atom. The van der Waals surface area contributed by atoms with Crippen LogP contribution in [-0.2, 0) is 0 Å². The van der Waals surface area contributed by atoms with Gasteiger partial charge in [-0.15, -0.1) is 11.3 Å². The number of para-hydroxylation sites is 2. The summed E-state index contributed by atoms with van der Waals surface area (Å²) in [6.45, 7) is 0. The molecule has 0 fully saturated rings. The minimum absolute atomic E-state index is 0.584. The summed E-state index contributed by atoms with van der Waals surface area (Å²) in [7, 11) is 0. The van der Waals surface area contributed by atoms with Crippen molar-refractivity contribution < 1.29 is 8.83 Å². The SMILES string of the molecule is c1ccc(-c2ccc(-c3nc(-c4ccc5c(c4)sc4ccccc45)nc(-c4cccc5oc6c(-c7cccc8oc9ccccc9c78)cccc6c45)n3)cc2)cc1. The van der Waals surface area contributed by atoms with E-state index in [0.29, 0.717) is 17.5 Å². The summed E-state index contributed by atoms with van der Waals surface area (Å²) in [5.41, 5.74) is 10.4. The molecule has 0 aliphatic rings. The fourth-order valence-corrected chi connectivity index (χ4v) is 9.45. The van der Waals surface area contributed by atoms with Crippen LogP contribution in [0.25, 0.3) is 120 Å². The van der Waals surface area contributed by atoms with Crippen molar-refractivity contribution in [2.24, 2.45) is 0 Å². The molecule has 0 unspecified atom stereocenters. The lowest BCUT2D eigenvalue weighted by Crippen LogP contribution is -2.00. The zero-order chi connectivity index (χ0) is 37.5. The third-order valence-electron chi connectivity index (χ3n) is 11.0. The number of thiophene rings is 1. The first kappa shape index (κ1) is 31.9. The number of hydrogen-bond donors (Lipinski definition) is 0. The lowest BCUT2D eigenvalue weighted by molar-refractivity contribution is 0.668. The van der Waals surface area contributed by atoms with Crippen LogP contribution in [0.2, 0.25) is 0 Å². The van der Waals surface area contributed by atoms with Gasteiger partial charge in [0, 0.05) is 64.0 Å². The monoisotopic (exact) mass is 747 g/mol. The number of nitrogens with zero attached hydrogens (tertiary/aromatic N) is 3. The molecule has 0 radical (unpaired) electrons. The van der Waals surface area contributed by atoms with Crippen molar-refractivity contribution in [3.63, 3.8) is 0 Å².